The van der Waals surface area contributed by atoms with E-state index in [1.807, 2.05) is 0 Å². The Kier molecular flexibility index (Phi) is 6.56. The Morgan fingerprint density at radius 3 is 2.10 bits per heavy atom. The van der Waals surface area contributed by atoms with Crippen LogP contribution in [0.1, 0.15) is 20.7 Å². The molecule has 0 heterocycles. The first-order valence-electron chi connectivity index (χ1n) is 9.09. The number of sulfonamides is 1. The molecule has 0 spiro atoms. The van der Waals surface area contributed by atoms with Gasteiger partial charge < -0.3 is 14.8 Å². The van der Waals surface area contributed by atoms with Crippen LogP contribution in [-0.4, -0.2) is 34.5 Å². The van der Waals surface area contributed by atoms with Gasteiger partial charge in [0, 0.05) is 5.69 Å². The molecule has 0 aliphatic carbocycles. The van der Waals surface area contributed by atoms with E-state index in [-0.39, 0.29) is 21.7 Å². The molecule has 0 radical (unpaired) electrons. The van der Waals surface area contributed by atoms with Gasteiger partial charge >= 0.3 is 5.97 Å². The maximum Gasteiger partial charge on any atom is 0.337 e. The van der Waals surface area contributed by atoms with E-state index >= 15 is 0 Å². The normalized spacial score (nSPS) is 10.8. The van der Waals surface area contributed by atoms with Crippen LogP contribution in [-0.2, 0) is 14.8 Å². The number of carbonyl (C=O) groups is 2. The Labute approximate surface area is 179 Å². The van der Waals surface area contributed by atoms with Gasteiger partial charge in [0.1, 0.15) is 5.75 Å². The van der Waals surface area contributed by atoms with Crippen LogP contribution in [0.3, 0.4) is 0 Å². The summed E-state index contributed by atoms with van der Waals surface area (Å²) >= 11 is 0. The number of carbonyl (C=O) groups excluding carboxylic acids is 2. The maximum absolute atomic E-state index is 12.8. The monoisotopic (exact) mass is 440 g/mol. The number of hydrogen-bond acceptors (Lipinski definition) is 6. The highest BCUT2D eigenvalue weighted by molar-refractivity contribution is 7.92. The van der Waals surface area contributed by atoms with Gasteiger partial charge in [-0.25, -0.2) is 13.2 Å². The van der Waals surface area contributed by atoms with Gasteiger partial charge in [-0.2, -0.15) is 0 Å². The number of para-hydroxylation sites is 1. The fourth-order valence-electron chi connectivity index (χ4n) is 2.73. The second-order valence-corrected chi connectivity index (χ2v) is 8.03. The molecule has 3 aromatic rings. The van der Waals surface area contributed by atoms with E-state index in [1.165, 1.54) is 43.5 Å². The van der Waals surface area contributed by atoms with Crippen LogP contribution in [0.2, 0.25) is 0 Å². The number of rotatable bonds is 7. The summed E-state index contributed by atoms with van der Waals surface area (Å²) in [7, 11) is -1.22. The van der Waals surface area contributed by atoms with Crippen molar-refractivity contribution in [2.24, 2.45) is 0 Å². The predicted molar refractivity (Wildman–Crippen MR) is 116 cm³/mol. The summed E-state index contributed by atoms with van der Waals surface area (Å²) in [5.74, 6) is -0.411. The lowest BCUT2D eigenvalue weighted by Gasteiger charge is -2.13. The van der Waals surface area contributed by atoms with E-state index in [0.717, 1.165) is 0 Å². The Morgan fingerprint density at radius 1 is 0.839 bits per heavy atom. The lowest BCUT2D eigenvalue weighted by Crippen LogP contribution is -2.18. The summed E-state index contributed by atoms with van der Waals surface area (Å²) in [4.78, 5) is 24.2. The quantitative estimate of drug-likeness (QED) is 0.544. The van der Waals surface area contributed by atoms with E-state index in [0.29, 0.717) is 11.4 Å². The van der Waals surface area contributed by atoms with Crippen molar-refractivity contribution in [3.8, 4) is 5.75 Å². The van der Waals surface area contributed by atoms with Crippen LogP contribution < -0.4 is 14.8 Å². The minimum Gasteiger partial charge on any atom is -0.497 e. The van der Waals surface area contributed by atoms with Gasteiger partial charge in [-0.05, 0) is 60.7 Å². The number of ether oxygens (including phenoxy) is 2. The molecule has 31 heavy (non-hydrogen) atoms. The lowest BCUT2D eigenvalue weighted by atomic mass is 10.1. The second-order valence-electron chi connectivity index (χ2n) is 6.35. The van der Waals surface area contributed by atoms with Crippen LogP contribution in [0.5, 0.6) is 5.75 Å². The highest BCUT2D eigenvalue weighted by Gasteiger charge is 2.19. The van der Waals surface area contributed by atoms with Gasteiger partial charge in [-0.3, -0.25) is 9.52 Å². The number of amides is 1. The van der Waals surface area contributed by atoms with Crippen molar-refractivity contribution in [3.63, 3.8) is 0 Å². The molecule has 0 fully saturated rings. The zero-order chi connectivity index (χ0) is 22.4. The molecule has 0 aromatic heterocycles. The van der Waals surface area contributed by atoms with Gasteiger partial charge in [0.05, 0.1) is 35.9 Å². The highest BCUT2D eigenvalue weighted by Crippen LogP contribution is 2.22. The number of anilines is 2. The molecule has 160 valence electrons. The van der Waals surface area contributed by atoms with Crippen LogP contribution in [0, 0.1) is 0 Å². The molecule has 3 rings (SSSR count). The second kappa shape index (κ2) is 9.31. The average Bonchev–Trinajstić information content (AvgIpc) is 2.79. The zero-order valence-electron chi connectivity index (χ0n) is 16.8. The van der Waals surface area contributed by atoms with Crippen LogP contribution in [0.15, 0.2) is 77.7 Å². The first-order valence-corrected chi connectivity index (χ1v) is 10.6. The Balaban J connectivity index is 1.82. The van der Waals surface area contributed by atoms with Crippen molar-refractivity contribution in [1.82, 2.24) is 0 Å². The summed E-state index contributed by atoms with van der Waals surface area (Å²) in [5, 5.41) is 2.72. The molecular weight excluding hydrogens is 420 g/mol. The molecule has 3 aromatic carbocycles. The highest BCUT2D eigenvalue weighted by atomic mass is 32.2. The van der Waals surface area contributed by atoms with Crippen LogP contribution >= 0.6 is 0 Å². The van der Waals surface area contributed by atoms with Crippen molar-refractivity contribution >= 4 is 33.3 Å². The minimum atomic E-state index is -4.00. The van der Waals surface area contributed by atoms with Crippen LogP contribution in [0.4, 0.5) is 11.4 Å². The Hall–Kier alpha value is -3.85. The first-order chi connectivity index (χ1) is 14.8. The third-order valence-corrected chi connectivity index (χ3v) is 5.73. The fraction of sp³-hybridized carbons (Fsp3) is 0.0909. The topological polar surface area (TPSA) is 111 Å². The van der Waals surface area contributed by atoms with E-state index in [1.54, 1.807) is 43.5 Å². The third-order valence-electron chi connectivity index (χ3n) is 4.35. The minimum absolute atomic E-state index is 0.0643. The van der Waals surface area contributed by atoms with Gasteiger partial charge in [0.2, 0.25) is 0 Å². The SMILES string of the molecule is COC(=O)c1ccc(S(=O)(=O)Nc2ccccc2C(=O)Nc2ccc(OC)cc2)cc1. The molecular formula is C22H20N2O6S. The molecule has 0 bridgehead atoms. The summed E-state index contributed by atoms with van der Waals surface area (Å²) in [6.45, 7) is 0. The Bertz CT molecular complexity index is 1190. The van der Waals surface area contributed by atoms with Crippen LogP contribution in [0.25, 0.3) is 0 Å². The number of hydrogen-bond donors (Lipinski definition) is 2. The molecule has 0 aliphatic rings. The van der Waals surface area contributed by atoms with Gasteiger partial charge in [-0.1, -0.05) is 12.1 Å². The van der Waals surface area contributed by atoms with Crippen molar-refractivity contribution in [3.05, 3.63) is 83.9 Å². The van der Waals surface area contributed by atoms with E-state index in [9.17, 15) is 18.0 Å². The number of nitrogens with one attached hydrogen (secondary N) is 2. The molecule has 0 saturated carbocycles. The molecule has 0 saturated heterocycles. The average molecular weight is 440 g/mol. The fourth-order valence-corrected chi connectivity index (χ4v) is 3.81. The summed E-state index contributed by atoms with van der Waals surface area (Å²) in [5.41, 5.74) is 1.02. The smallest absolute Gasteiger partial charge is 0.337 e. The van der Waals surface area contributed by atoms with Crippen molar-refractivity contribution < 1.29 is 27.5 Å². The number of esters is 1. The molecule has 1 amide bonds. The van der Waals surface area contributed by atoms with Gasteiger partial charge in [0.25, 0.3) is 15.9 Å². The van der Waals surface area contributed by atoms with Crippen molar-refractivity contribution in [2.45, 2.75) is 4.90 Å². The standard InChI is InChI=1S/C22H20N2O6S/c1-29-17-11-9-16(10-12-17)23-21(25)19-5-3-4-6-20(19)24-31(27,28)18-13-7-15(8-14-18)22(26)30-2/h3-14,24H,1-2H3,(H,23,25). The number of benzene rings is 3. The molecule has 9 heteroatoms. The zero-order valence-corrected chi connectivity index (χ0v) is 17.6. The van der Waals surface area contributed by atoms with E-state index in [4.69, 9.17) is 4.74 Å². The summed E-state index contributed by atoms with van der Waals surface area (Å²) in [6, 6.07) is 18.3. The van der Waals surface area contributed by atoms with Gasteiger partial charge in [0.15, 0.2) is 0 Å². The Morgan fingerprint density at radius 2 is 1.48 bits per heavy atom. The molecule has 0 atom stereocenters. The maximum atomic E-state index is 12.8. The van der Waals surface area contributed by atoms with Gasteiger partial charge in [-0.15, -0.1) is 0 Å². The van der Waals surface area contributed by atoms with E-state index < -0.39 is 21.9 Å². The first kappa shape index (κ1) is 21.8. The third kappa shape index (κ3) is 5.20. The van der Waals surface area contributed by atoms with Crippen molar-refractivity contribution in [2.75, 3.05) is 24.3 Å². The van der Waals surface area contributed by atoms with Crippen molar-refractivity contribution in [1.29, 1.82) is 0 Å². The molecule has 0 aliphatic heterocycles. The summed E-state index contributed by atoms with van der Waals surface area (Å²) < 4.78 is 37.7. The number of methoxy groups -OCH3 is 2. The molecule has 8 nitrogen and oxygen atoms in total. The lowest BCUT2D eigenvalue weighted by molar-refractivity contribution is 0.0600. The largest absolute Gasteiger partial charge is 0.497 e. The summed E-state index contributed by atoms with van der Waals surface area (Å²) in [6.07, 6.45) is 0. The predicted octanol–water partition coefficient (Wildman–Crippen LogP) is 3.53. The van der Waals surface area contributed by atoms with E-state index in [2.05, 4.69) is 14.8 Å². The molecule has 2 N–H and O–H groups in total. The molecule has 0 unspecified atom stereocenters.